The number of nitrogens with zero attached hydrogens (tertiary/aromatic N) is 3. The van der Waals surface area contributed by atoms with Crippen LogP contribution in [-0.4, -0.2) is 21.1 Å². The third-order valence-electron chi connectivity index (χ3n) is 3.50. The number of benzene rings is 2. The zero-order valence-corrected chi connectivity index (χ0v) is 16.5. The summed E-state index contributed by atoms with van der Waals surface area (Å²) in [5.41, 5.74) is 10.1. The Balaban J connectivity index is 0.00000225. The Kier molecular flexibility index (Phi) is 6.51. The van der Waals surface area contributed by atoms with Gasteiger partial charge in [0.1, 0.15) is 5.82 Å². The van der Waals surface area contributed by atoms with Gasteiger partial charge in [0, 0.05) is 11.3 Å². The summed E-state index contributed by atoms with van der Waals surface area (Å²) in [7, 11) is 0. The predicted molar refractivity (Wildman–Crippen MR) is 112 cm³/mol. The molecule has 3 aromatic rings. The Morgan fingerprint density at radius 2 is 1.96 bits per heavy atom. The first kappa shape index (κ1) is 18.9. The van der Waals surface area contributed by atoms with Crippen molar-refractivity contribution >= 4 is 35.6 Å². The highest BCUT2D eigenvalue weighted by Gasteiger charge is 2.04. The molecule has 0 saturated heterocycles. The van der Waals surface area contributed by atoms with E-state index in [0.29, 0.717) is 18.3 Å². The first-order chi connectivity index (χ1) is 11.6. The molecule has 0 spiro atoms. The number of aromatic nitrogens is 3. The summed E-state index contributed by atoms with van der Waals surface area (Å²) >= 11 is 0. The van der Waals surface area contributed by atoms with Crippen LogP contribution in [0.5, 0.6) is 0 Å². The van der Waals surface area contributed by atoms with Gasteiger partial charge in [-0.1, -0.05) is 30.3 Å². The largest absolute Gasteiger partial charge is 0.370 e. The summed E-state index contributed by atoms with van der Waals surface area (Å²) in [6.45, 7) is 4.40. The van der Waals surface area contributed by atoms with E-state index in [0.717, 1.165) is 22.6 Å². The van der Waals surface area contributed by atoms with E-state index < -0.39 is 0 Å². The molecule has 0 atom stereocenters. The maximum Gasteiger partial charge on any atom is 0.193 e. The molecule has 1 aromatic heterocycles. The van der Waals surface area contributed by atoms with Crippen molar-refractivity contribution in [2.24, 2.45) is 10.7 Å². The first-order valence-electron chi connectivity index (χ1n) is 7.72. The average Bonchev–Trinajstić information content (AvgIpc) is 3.00. The van der Waals surface area contributed by atoms with Crippen LogP contribution in [0, 0.1) is 13.8 Å². The van der Waals surface area contributed by atoms with Gasteiger partial charge in [-0.15, -0.1) is 24.0 Å². The van der Waals surface area contributed by atoms with Gasteiger partial charge in [0.05, 0.1) is 6.54 Å². The topological polar surface area (TPSA) is 92.0 Å². The van der Waals surface area contributed by atoms with Crippen LogP contribution in [0.4, 0.5) is 5.69 Å². The molecular formula is C18H21IN6. The van der Waals surface area contributed by atoms with Crippen LogP contribution in [0.1, 0.15) is 17.0 Å². The Hall–Kier alpha value is -2.42. The van der Waals surface area contributed by atoms with Crippen molar-refractivity contribution in [3.63, 3.8) is 0 Å². The number of halogens is 1. The minimum atomic E-state index is 0. The van der Waals surface area contributed by atoms with Gasteiger partial charge in [-0.25, -0.2) is 9.98 Å². The van der Waals surface area contributed by atoms with Crippen LogP contribution in [0.3, 0.4) is 0 Å². The third kappa shape index (κ3) is 5.28. The molecule has 4 N–H and O–H groups in total. The van der Waals surface area contributed by atoms with Crippen LogP contribution < -0.4 is 11.1 Å². The Morgan fingerprint density at radius 3 is 2.68 bits per heavy atom. The zero-order valence-electron chi connectivity index (χ0n) is 14.2. The third-order valence-corrected chi connectivity index (χ3v) is 3.50. The molecule has 0 aliphatic carbocycles. The van der Waals surface area contributed by atoms with E-state index in [1.54, 1.807) is 0 Å². The van der Waals surface area contributed by atoms with Gasteiger partial charge in [-0.3, -0.25) is 5.10 Å². The molecule has 2 aromatic carbocycles. The van der Waals surface area contributed by atoms with E-state index in [1.807, 2.05) is 62.4 Å². The van der Waals surface area contributed by atoms with Crippen molar-refractivity contribution in [2.75, 3.05) is 5.32 Å². The number of rotatable bonds is 4. The first-order valence-corrected chi connectivity index (χ1v) is 7.72. The maximum atomic E-state index is 5.97. The second-order valence-corrected chi connectivity index (χ2v) is 5.64. The number of hydrogen-bond donors (Lipinski definition) is 3. The monoisotopic (exact) mass is 448 g/mol. The maximum absolute atomic E-state index is 5.97. The Bertz CT molecular complexity index is 871. The molecule has 25 heavy (non-hydrogen) atoms. The molecular weight excluding hydrogens is 427 g/mol. The van der Waals surface area contributed by atoms with Crippen LogP contribution in [0.15, 0.2) is 53.5 Å². The number of nitrogens with two attached hydrogens (primary N) is 1. The molecule has 130 valence electrons. The Labute approximate surface area is 164 Å². The van der Waals surface area contributed by atoms with Gasteiger partial charge in [0.15, 0.2) is 11.8 Å². The quantitative estimate of drug-likeness (QED) is 0.323. The van der Waals surface area contributed by atoms with Crippen LogP contribution >= 0.6 is 24.0 Å². The van der Waals surface area contributed by atoms with Crippen LogP contribution in [0.2, 0.25) is 0 Å². The van der Waals surface area contributed by atoms with Gasteiger partial charge in [-0.2, -0.15) is 5.10 Å². The number of aliphatic imine (C=N–C) groups is 1. The molecule has 3 rings (SSSR count). The number of hydrogen-bond acceptors (Lipinski definition) is 3. The van der Waals surface area contributed by atoms with E-state index >= 15 is 0 Å². The van der Waals surface area contributed by atoms with Crippen LogP contribution in [0.25, 0.3) is 11.4 Å². The minimum Gasteiger partial charge on any atom is -0.370 e. The normalized spacial score (nSPS) is 11.0. The van der Waals surface area contributed by atoms with Gasteiger partial charge >= 0.3 is 0 Å². The van der Waals surface area contributed by atoms with Crippen molar-refractivity contribution in [3.05, 3.63) is 65.5 Å². The number of guanidine groups is 1. The standard InChI is InChI=1S/C18H20N6.HI/c1-12-5-3-8-16(9-12)22-18(19)20-11-14-6-4-7-15(10-14)17-21-13(2)23-24-17;/h3-10H,11H2,1-2H3,(H3,19,20,22)(H,21,23,24);1H. The van der Waals surface area contributed by atoms with E-state index in [9.17, 15) is 0 Å². The van der Waals surface area contributed by atoms with E-state index in [4.69, 9.17) is 5.73 Å². The van der Waals surface area contributed by atoms with Crippen molar-refractivity contribution < 1.29 is 0 Å². The fraction of sp³-hybridized carbons (Fsp3) is 0.167. The lowest BCUT2D eigenvalue weighted by Crippen LogP contribution is -2.22. The molecule has 1 heterocycles. The number of nitrogens with one attached hydrogen (secondary N) is 2. The second kappa shape index (κ2) is 8.61. The summed E-state index contributed by atoms with van der Waals surface area (Å²) in [5.74, 6) is 1.86. The minimum absolute atomic E-state index is 0. The fourth-order valence-electron chi connectivity index (χ4n) is 2.37. The van der Waals surface area contributed by atoms with Crippen LogP contribution in [-0.2, 0) is 6.54 Å². The lowest BCUT2D eigenvalue weighted by molar-refractivity contribution is 1.04. The van der Waals surface area contributed by atoms with Crippen molar-refractivity contribution in [1.82, 2.24) is 15.2 Å². The molecule has 7 heteroatoms. The summed E-state index contributed by atoms with van der Waals surface area (Å²) < 4.78 is 0. The summed E-state index contributed by atoms with van der Waals surface area (Å²) in [6, 6.07) is 16.0. The predicted octanol–water partition coefficient (Wildman–Crippen LogP) is 3.63. The smallest absolute Gasteiger partial charge is 0.193 e. The molecule has 0 unspecified atom stereocenters. The van der Waals surface area contributed by atoms with Crippen molar-refractivity contribution in [1.29, 1.82) is 0 Å². The molecule has 0 fully saturated rings. The van der Waals surface area contributed by atoms with E-state index in [-0.39, 0.29) is 24.0 Å². The average molecular weight is 448 g/mol. The lowest BCUT2D eigenvalue weighted by atomic mass is 10.1. The Morgan fingerprint density at radius 1 is 1.16 bits per heavy atom. The van der Waals surface area contributed by atoms with Gasteiger partial charge < -0.3 is 11.1 Å². The summed E-state index contributed by atoms with van der Waals surface area (Å²) in [6.07, 6.45) is 0. The lowest BCUT2D eigenvalue weighted by Gasteiger charge is -2.06. The van der Waals surface area contributed by atoms with Crippen molar-refractivity contribution in [3.8, 4) is 11.4 Å². The highest BCUT2D eigenvalue weighted by Crippen LogP contribution is 2.17. The second-order valence-electron chi connectivity index (χ2n) is 5.64. The fourth-order valence-corrected chi connectivity index (χ4v) is 2.37. The summed E-state index contributed by atoms with van der Waals surface area (Å²) in [5, 5.41) is 10.1. The SMILES string of the molecule is Cc1cccc(NC(N)=NCc2cccc(-c3n[nH]c(C)n3)c2)c1.I. The highest BCUT2D eigenvalue weighted by atomic mass is 127. The van der Waals surface area contributed by atoms with Gasteiger partial charge in [0.25, 0.3) is 0 Å². The number of aryl methyl sites for hydroxylation is 2. The van der Waals surface area contributed by atoms with Gasteiger partial charge in [0.2, 0.25) is 0 Å². The van der Waals surface area contributed by atoms with E-state index in [2.05, 4.69) is 25.5 Å². The molecule has 0 aliphatic heterocycles. The molecule has 0 radical (unpaired) electrons. The number of H-pyrrole nitrogens is 1. The molecule has 0 saturated carbocycles. The molecule has 0 amide bonds. The molecule has 0 aliphatic rings. The highest BCUT2D eigenvalue weighted by molar-refractivity contribution is 14.0. The van der Waals surface area contributed by atoms with Crippen molar-refractivity contribution in [2.45, 2.75) is 20.4 Å². The van der Waals surface area contributed by atoms with Gasteiger partial charge in [-0.05, 0) is 43.2 Å². The molecule has 6 nitrogen and oxygen atoms in total. The summed E-state index contributed by atoms with van der Waals surface area (Å²) in [4.78, 5) is 8.74. The number of anilines is 1. The van der Waals surface area contributed by atoms with E-state index in [1.165, 1.54) is 5.56 Å². The molecule has 0 bridgehead atoms. The zero-order chi connectivity index (χ0) is 16.9. The number of aromatic amines is 1.